The van der Waals surface area contributed by atoms with Crippen LogP contribution in [-0.4, -0.2) is 13.7 Å². The van der Waals surface area contributed by atoms with E-state index in [1.165, 1.54) is 5.69 Å². The Morgan fingerprint density at radius 1 is 1.60 bits per heavy atom. The summed E-state index contributed by atoms with van der Waals surface area (Å²) in [4.78, 5) is 4.22. The van der Waals surface area contributed by atoms with Gasteiger partial charge in [-0.3, -0.25) is 4.57 Å². The Balaban J connectivity index is 2.69. The van der Waals surface area contributed by atoms with Gasteiger partial charge in [0.1, 0.15) is 5.82 Å². The predicted octanol–water partition coefficient (Wildman–Crippen LogP) is 1.75. The Morgan fingerprint density at radius 2 is 2.50 bits per heavy atom. The lowest BCUT2D eigenvalue weighted by atomic mass is 10.5. The maximum absolute atomic E-state index is 4.22. The fourth-order valence-electron chi connectivity index (χ4n) is 0.897. The summed E-state index contributed by atoms with van der Waals surface area (Å²) in [5, 5.41) is 0. The highest BCUT2D eigenvalue weighted by Gasteiger charge is 2.01. The minimum absolute atomic E-state index is 0.152. The van der Waals surface area contributed by atoms with E-state index in [9.17, 15) is 0 Å². The van der Waals surface area contributed by atoms with Gasteiger partial charge in [0.2, 0.25) is 0 Å². The van der Waals surface area contributed by atoms with E-state index < -0.39 is 0 Å². The summed E-state index contributed by atoms with van der Waals surface area (Å²) in [5.41, 5.74) is 1.24. The van der Waals surface area contributed by atoms with Crippen LogP contribution in [0.2, 0.25) is 0 Å². The molecule has 0 radical (unpaired) electrons. The molecule has 0 bridgehead atoms. The first-order valence-electron chi connectivity index (χ1n) is 3.03. The SMILES string of the molecule is Cc1cnc2n1C=IC=C2. The lowest BCUT2D eigenvalue weighted by Gasteiger charge is -2.01. The van der Waals surface area contributed by atoms with Gasteiger partial charge in [-0.15, -0.1) is 0 Å². The average Bonchev–Trinajstić information content (AvgIpc) is 2.34. The van der Waals surface area contributed by atoms with Gasteiger partial charge < -0.3 is 0 Å². The lowest BCUT2D eigenvalue weighted by molar-refractivity contribution is 1.09. The molecule has 0 unspecified atom stereocenters. The molecule has 10 heavy (non-hydrogen) atoms. The van der Waals surface area contributed by atoms with E-state index in [2.05, 4.69) is 30.8 Å². The molecule has 3 heteroatoms. The van der Waals surface area contributed by atoms with Crippen LogP contribution in [0.3, 0.4) is 0 Å². The molecule has 2 nitrogen and oxygen atoms in total. The van der Waals surface area contributed by atoms with Crippen LogP contribution in [0.4, 0.5) is 0 Å². The van der Waals surface area contributed by atoms with E-state index in [-0.39, 0.29) is 20.7 Å². The largest absolute Gasteiger partial charge is 0.299 e. The van der Waals surface area contributed by atoms with Gasteiger partial charge in [0.05, 0.1) is 0 Å². The standard InChI is InChI=1S/C7H7IN2/c1-6-4-9-7-2-3-8-5-10(6)7/h2-5H,1H3. The molecule has 0 spiro atoms. The molecule has 1 aromatic heterocycles. The number of rotatable bonds is 0. The van der Waals surface area contributed by atoms with Crippen molar-refractivity contribution in [2.45, 2.75) is 6.92 Å². The second-order valence-corrected chi connectivity index (χ2v) is 4.14. The second-order valence-electron chi connectivity index (χ2n) is 2.14. The van der Waals surface area contributed by atoms with Crippen LogP contribution in [0.5, 0.6) is 0 Å². The zero-order valence-corrected chi connectivity index (χ0v) is 7.74. The van der Waals surface area contributed by atoms with Crippen molar-refractivity contribution in [1.82, 2.24) is 9.55 Å². The minimum Gasteiger partial charge on any atom is -0.299 e. The van der Waals surface area contributed by atoms with Gasteiger partial charge >= 0.3 is 0 Å². The van der Waals surface area contributed by atoms with E-state index in [4.69, 9.17) is 0 Å². The smallest absolute Gasteiger partial charge is 0.137 e. The van der Waals surface area contributed by atoms with Crippen molar-refractivity contribution in [3.05, 3.63) is 21.8 Å². The molecule has 1 aliphatic heterocycles. The maximum Gasteiger partial charge on any atom is 0.137 e. The van der Waals surface area contributed by atoms with Crippen LogP contribution < -0.4 is 0 Å². The molecule has 0 aliphatic carbocycles. The van der Waals surface area contributed by atoms with Crippen molar-refractivity contribution < 1.29 is 0 Å². The number of aryl methyl sites for hydroxylation is 1. The molecule has 0 saturated carbocycles. The Hall–Kier alpha value is -0.450. The maximum atomic E-state index is 4.22. The van der Waals surface area contributed by atoms with Crippen molar-refractivity contribution in [3.63, 3.8) is 0 Å². The van der Waals surface area contributed by atoms with Gasteiger partial charge in [0.15, 0.2) is 0 Å². The lowest BCUT2D eigenvalue weighted by Crippen LogP contribution is -1.99. The van der Waals surface area contributed by atoms with Gasteiger partial charge in [-0.1, -0.05) is 20.7 Å². The van der Waals surface area contributed by atoms with E-state index >= 15 is 0 Å². The minimum atomic E-state index is 0.152. The third-order valence-electron chi connectivity index (χ3n) is 1.45. The van der Waals surface area contributed by atoms with Gasteiger partial charge in [-0.25, -0.2) is 4.98 Å². The quantitative estimate of drug-likeness (QED) is 0.638. The fourth-order valence-corrected chi connectivity index (χ4v) is 2.66. The number of imidazole rings is 1. The number of fused-ring (bicyclic) bond motifs is 1. The molecule has 52 valence electrons. The van der Waals surface area contributed by atoms with E-state index in [1.807, 2.05) is 6.20 Å². The summed E-state index contributed by atoms with van der Waals surface area (Å²) < 4.78 is 6.63. The summed E-state index contributed by atoms with van der Waals surface area (Å²) in [6, 6.07) is 0. The number of hydrogen-bond donors (Lipinski definition) is 0. The van der Waals surface area contributed by atoms with Crippen LogP contribution in [0.15, 0.2) is 10.3 Å². The molecule has 0 atom stereocenters. The van der Waals surface area contributed by atoms with Crippen LogP contribution in [0, 0.1) is 6.92 Å². The first-order chi connectivity index (χ1) is 4.88. The molecule has 2 rings (SSSR count). The van der Waals surface area contributed by atoms with E-state index in [0.717, 1.165) is 5.82 Å². The molecule has 1 aromatic rings. The first-order valence-corrected chi connectivity index (χ1v) is 5.53. The Labute approximate surface area is 69.3 Å². The first kappa shape index (κ1) is 6.27. The van der Waals surface area contributed by atoms with Crippen molar-refractivity contribution in [3.8, 4) is 0 Å². The van der Waals surface area contributed by atoms with Crippen LogP contribution in [0.1, 0.15) is 11.5 Å². The monoisotopic (exact) mass is 246 g/mol. The van der Waals surface area contributed by atoms with Crippen molar-refractivity contribution >= 4 is 30.9 Å². The Bertz CT molecular complexity index is 309. The second kappa shape index (κ2) is 2.30. The molecule has 1 aliphatic rings. The molecule has 0 amide bonds. The van der Waals surface area contributed by atoms with Gasteiger partial charge in [-0.2, -0.15) is 0 Å². The summed E-state index contributed by atoms with van der Waals surface area (Å²) in [6.45, 7) is 2.08. The molecule has 0 aromatic carbocycles. The summed E-state index contributed by atoms with van der Waals surface area (Å²) in [7, 11) is 0. The number of hydrogen-bond acceptors (Lipinski definition) is 1. The predicted molar refractivity (Wildman–Crippen MR) is 51.5 cm³/mol. The molecule has 0 saturated heterocycles. The summed E-state index contributed by atoms with van der Waals surface area (Å²) in [6.07, 6.45) is 4.01. The Kier molecular flexibility index (Phi) is 1.44. The summed E-state index contributed by atoms with van der Waals surface area (Å²) in [5.74, 6) is 1.07. The molecule has 0 N–H and O–H groups in total. The molecule has 0 fully saturated rings. The highest BCUT2D eigenvalue weighted by atomic mass is 127. The zero-order valence-electron chi connectivity index (χ0n) is 5.58. The molecule has 2 heterocycles. The third-order valence-corrected chi connectivity index (χ3v) is 3.10. The topological polar surface area (TPSA) is 17.8 Å². The third kappa shape index (κ3) is 0.847. The summed E-state index contributed by atoms with van der Waals surface area (Å²) >= 11 is 0.152. The number of halogens is 1. The molecular formula is C7H7IN2. The van der Waals surface area contributed by atoms with E-state index in [0.29, 0.717) is 0 Å². The highest BCUT2D eigenvalue weighted by Crippen LogP contribution is 2.13. The average molecular weight is 246 g/mol. The van der Waals surface area contributed by atoms with Gasteiger partial charge in [-0.05, 0) is 17.1 Å². The molecular weight excluding hydrogens is 239 g/mol. The van der Waals surface area contributed by atoms with Gasteiger partial charge in [0, 0.05) is 16.0 Å². The highest BCUT2D eigenvalue weighted by molar-refractivity contribution is 14.2. The van der Waals surface area contributed by atoms with Crippen molar-refractivity contribution in [2.75, 3.05) is 0 Å². The fraction of sp³-hybridized carbons (Fsp3) is 0.143. The normalized spacial score (nSPS) is 14.5. The zero-order chi connectivity index (χ0) is 6.97. The van der Waals surface area contributed by atoms with Crippen molar-refractivity contribution in [2.24, 2.45) is 0 Å². The van der Waals surface area contributed by atoms with Crippen LogP contribution >= 0.6 is 20.7 Å². The Morgan fingerprint density at radius 3 is 3.30 bits per heavy atom. The van der Waals surface area contributed by atoms with Crippen LogP contribution in [-0.2, 0) is 0 Å². The van der Waals surface area contributed by atoms with Crippen molar-refractivity contribution in [1.29, 1.82) is 0 Å². The van der Waals surface area contributed by atoms with E-state index in [1.54, 1.807) is 0 Å². The number of nitrogens with zero attached hydrogens (tertiary/aromatic N) is 2. The van der Waals surface area contributed by atoms with Gasteiger partial charge in [0.25, 0.3) is 0 Å². The van der Waals surface area contributed by atoms with Crippen LogP contribution in [0.25, 0.3) is 6.08 Å². The number of aromatic nitrogens is 2.